The summed E-state index contributed by atoms with van der Waals surface area (Å²) >= 11 is 1.88. The lowest BCUT2D eigenvalue weighted by Crippen LogP contribution is -2.42. The minimum Gasteiger partial charge on any atom is -0.481 e. The topological polar surface area (TPSA) is 166 Å². The van der Waals surface area contributed by atoms with E-state index in [0.717, 1.165) is 50.5 Å². The molecule has 0 saturated heterocycles. The van der Waals surface area contributed by atoms with E-state index in [2.05, 4.69) is 52.6 Å². The van der Waals surface area contributed by atoms with Crippen molar-refractivity contribution in [2.45, 2.75) is 64.8 Å². The lowest BCUT2D eigenvalue weighted by atomic mass is 9.96. The molecular formula is C25H33N3O8S. The molecule has 0 spiro atoms. The van der Waals surface area contributed by atoms with Crippen molar-refractivity contribution in [3.63, 3.8) is 0 Å². The van der Waals surface area contributed by atoms with Gasteiger partial charge in [0.1, 0.15) is 11.5 Å². The molecule has 12 heteroatoms. The molecule has 0 radical (unpaired) electrons. The highest BCUT2D eigenvalue weighted by Gasteiger charge is 2.40. The predicted molar refractivity (Wildman–Crippen MR) is 135 cm³/mol. The summed E-state index contributed by atoms with van der Waals surface area (Å²) in [6.45, 7) is 8.17. The Kier molecular flexibility index (Phi) is 11.5. The van der Waals surface area contributed by atoms with Crippen molar-refractivity contribution in [1.29, 1.82) is 0 Å². The van der Waals surface area contributed by atoms with Gasteiger partial charge in [0.2, 0.25) is 0 Å². The molecular weight excluding hydrogens is 502 g/mol. The van der Waals surface area contributed by atoms with E-state index in [9.17, 15) is 14.4 Å². The Labute approximate surface area is 218 Å². The summed E-state index contributed by atoms with van der Waals surface area (Å²) in [4.78, 5) is 39.8. The van der Waals surface area contributed by atoms with Crippen molar-refractivity contribution in [3.8, 4) is 0 Å². The maximum atomic E-state index is 10.3. The molecule has 0 unspecified atom stereocenters. The first-order chi connectivity index (χ1) is 17.5. The summed E-state index contributed by atoms with van der Waals surface area (Å²) in [5.74, 6) is -2.90. The fraction of sp³-hybridized carbons (Fsp3) is 0.440. The number of nitrogens with zero attached hydrogens (tertiary/aromatic N) is 3. The molecule has 0 fully saturated rings. The third kappa shape index (κ3) is 10.6. The Balaban J connectivity index is 0.000000317. The number of aryl methyl sites for hydroxylation is 3. The van der Waals surface area contributed by atoms with Gasteiger partial charge in [0.15, 0.2) is 5.60 Å². The summed E-state index contributed by atoms with van der Waals surface area (Å²) in [6.07, 6.45) is 5.50. The molecule has 11 nitrogen and oxygen atoms in total. The molecule has 3 heterocycles. The molecule has 4 N–H and O–H groups in total. The van der Waals surface area contributed by atoms with Crippen molar-refractivity contribution in [2.75, 3.05) is 6.54 Å². The zero-order valence-electron chi connectivity index (χ0n) is 20.9. The lowest BCUT2D eigenvalue weighted by molar-refractivity contribution is -0.170. The van der Waals surface area contributed by atoms with Crippen LogP contribution in [0.2, 0.25) is 0 Å². The van der Waals surface area contributed by atoms with Gasteiger partial charge in [-0.15, -0.1) is 11.3 Å². The van der Waals surface area contributed by atoms with Gasteiger partial charge in [-0.1, -0.05) is 6.92 Å². The van der Waals surface area contributed by atoms with Crippen LogP contribution in [-0.2, 0) is 40.4 Å². The standard InChI is InChI=1S/C19H25N3OS.C6H8O7/c1-3-17-6-7-18(23-17)13-22(14-19-8-5-16(2)24-19)11-4-10-21-12-9-20-15-21;7-3(8)1-6(13,5(11)12)2-4(9)10/h5-9,12,15H,3-4,10-11,13-14H2,1-2H3;13H,1-2H2,(H,7,8)(H,9,10)(H,11,12). The van der Waals surface area contributed by atoms with E-state index in [4.69, 9.17) is 24.8 Å². The Morgan fingerprint density at radius 2 is 1.73 bits per heavy atom. The van der Waals surface area contributed by atoms with Crippen molar-refractivity contribution < 1.29 is 39.2 Å². The van der Waals surface area contributed by atoms with E-state index in [-0.39, 0.29) is 0 Å². The number of thiophene rings is 1. The Morgan fingerprint density at radius 3 is 2.22 bits per heavy atom. The number of hydrogen-bond acceptors (Lipinski definition) is 8. The summed E-state index contributed by atoms with van der Waals surface area (Å²) in [6, 6.07) is 8.64. The highest BCUT2D eigenvalue weighted by Crippen LogP contribution is 2.20. The van der Waals surface area contributed by atoms with Crippen LogP contribution in [0.3, 0.4) is 0 Å². The molecule has 0 amide bonds. The van der Waals surface area contributed by atoms with Crippen molar-refractivity contribution in [1.82, 2.24) is 14.5 Å². The van der Waals surface area contributed by atoms with Crippen LogP contribution in [0.4, 0.5) is 0 Å². The Morgan fingerprint density at radius 1 is 1.05 bits per heavy atom. The molecule has 0 bridgehead atoms. The Hall–Kier alpha value is -3.48. The highest BCUT2D eigenvalue weighted by molar-refractivity contribution is 7.11. The van der Waals surface area contributed by atoms with E-state index in [1.807, 2.05) is 30.1 Å². The SMILES string of the molecule is CCc1ccc(CN(CCCn2ccnc2)Cc2ccc(C)s2)o1.O=C(O)CC(O)(CC(=O)O)C(=O)O. The molecule has 202 valence electrons. The second-order valence-corrected chi connectivity index (χ2v) is 9.95. The van der Waals surface area contributed by atoms with Crippen LogP contribution in [0.15, 0.2) is 47.4 Å². The second-order valence-electron chi connectivity index (χ2n) is 8.58. The first-order valence-electron chi connectivity index (χ1n) is 11.7. The summed E-state index contributed by atoms with van der Waals surface area (Å²) in [5, 5.41) is 33.8. The largest absolute Gasteiger partial charge is 0.481 e. The Bertz CT molecular complexity index is 1120. The van der Waals surface area contributed by atoms with E-state index in [0.29, 0.717) is 0 Å². The molecule has 0 atom stereocenters. The van der Waals surface area contributed by atoms with Crippen LogP contribution in [-0.4, -0.2) is 64.9 Å². The molecule has 0 aliphatic rings. The summed E-state index contributed by atoms with van der Waals surface area (Å²) in [7, 11) is 0. The van der Waals surface area contributed by atoms with E-state index >= 15 is 0 Å². The molecule has 37 heavy (non-hydrogen) atoms. The molecule has 0 saturated carbocycles. The van der Waals surface area contributed by atoms with Crippen LogP contribution in [0.25, 0.3) is 0 Å². The fourth-order valence-electron chi connectivity index (χ4n) is 3.53. The quantitative estimate of drug-likeness (QED) is 0.241. The number of imidazole rings is 1. The number of hydrogen-bond donors (Lipinski definition) is 4. The number of aromatic nitrogens is 2. The zero-order valence-corrected chi connectivity index (χ0v) is 21.7. The smallest absolute Gasteiger partial charge is 0.336 e. The van der Waals surface area contributed by atoms with Crippen LogP contribution in [0, 0.1) is 6.92 Å². The number of aliphatic hydroxyl groups is 1. The molecule has 0 aromatic carbocycles. The maximum Gasteiger partial charge on any atom is 0.336 e. The normalized spacial score (nSPS) is 11.2. The average Bonchev–Trinajstić information content (AvgIpc) is 3.56. The number of rotatable bonds is 14. The van der Waals surface area contributed by atoms with Crippen molar-refractivity contribution >= 4 is 29.2 Å². The minimum atomic E-state index is -2.74. The third-order valence-corrected chi connectivity index (χ3v) is 6.34. The fourth-order valence-corrected chi connectivity index (χ4v) is 4.47. The molecule has 0 aliphatic heterocycles. The lowest BCUT2D eigenvalue weighted by Gasteiger charge is -2.20. The van der Waals surface area contributed by atoms with Gasteiger partial charge in [-0.2, -0.15) is 0 Å². The number of carboxylic acid groups (broad SMARTS) is 3. The average molecular weight is 536 g/mol. The van der Waals surface area contributed by atoms with Gasteiger partial charge >= 0.3 is 17.9 Å². The van der Waals surface area contributed by atoms with Crippen molar-refractivity contribution in [2.24, 2.45) is 0 Å². The van der Waals surface area contributed by atoms with E-state index in [1.165, 1.54) is 9.75 Å². The predicted octanol–water partition coefficient (Wildman–Crippen LogP) is 3.25. The molecule has 3 rings (SSSR count). The number of furan rings is 1. The van der Waals surface area contributed by atoms with Crippen LogP contribution in [0.5, 0.6) is 0 Å². The van der Waals surface area contributed by atoms with Gasteiger partial charge in [0, 0.05) is 48.2 Å². The van der Waals surface area contributed by atoms with Crippen LogP contribution < -0.4 is 0 Å². The van der Waals surface area contributed by atoms with Gasteiger partial charge < -0.3 is 29.4 Å². The molecule has 3 aromatic heterocycles. The van der Waals surface area contributed by atoms with Gasteiger partial charge in [0.25, 0.3) is 0 Å². The second kappa shape index (κ2) is 14.3. The third-order valence-electron chi connectivity index (χ3n) is 5.36. The molecule has 0 aliphatic carbocycles. The number of carbonyl (C=O) groups is 3. The molecule has 3 aromatic rings. The van der Waals surface area contributed by atoms with Gasteiger partial charge in [-0.25, -0.2) is 9.78 Å². The number of aliphatic carboxylic acids is 3. The first-order valence-corrected chi connectivity index (χ1v) is 12.5. The van der Waals surface area contributed by atoms with Gasteiger partial charge in [0.05, 0.1) is 25.7 Å². The summed E-state index contributed by atoms with van der Waals surface area (Å²) in [5.41, 5.74) is -2.74. The van der Waals surface area contributed by atoms with Gasteiger partial charge in [-0.05, 0) is 37.6 Å². The van der Waals surface area contributed by atoms with Gasteiger partial charge in [-0.3, -0.25) is 14.5 Å². The summed E-state index contributed by atoms with van der Waals surface area (Å²) < 4.78 is 8.04. The van der Waals surface area contributed by atoms with Crippen molar-refractivity contribution in [3.05, 3.63) is 64.3 Å². The monoisotopic (exact) mass is 535 g/mol. The van der Waals surface area contributed by atoms with E-state index < -0.39 is 36.4 Å². The van der Waals surface area contributed by atoms with E-state index in [1.54, 1.807) is 0 Å². The first kappa shape index (κ1) is 29.7. The highest BCUT2D eigenvalue weighted by atomic mass is 32.1. The zero-order chi connectivity index (χ0) is 27.4. The van der Waals surface area contributed by atoms with Crippen LogP contribution >= 0.6 is 11.3 Å². The number of carboxylic acids is 3. The minimum absolute atomic E-state index is 0.862. The maximum absolute atomic E-state index is 10.3. The van der Waals surface area contributed by atoms with Crippen LogP contribution in [0.1, 0.15) is 47.5 Å².